The molecule has 1 aliphatic rings. The van der Waals surface area contributed by atoms with E-state index in [1.165, 1.54) is 0 Å². The summed E-state index contributed by atoms with van der Waals surface area (Å²) in [6, 6.07) is 0. The van der Waals surface area contributed by atoms with E-state index in [0.29, 0.717) is 6.54 Å². The van der Waals surface area contributed by atoms with Crippen molar-refractivity contribution in [2.24, 2.45) is 4.99 Å². The van der Waals surface area contributed by atoms with Gasteiger partial charge in [-0.25, -0.2) is 4.79 Å². The van der Waals surface area contributed by atoms with Crippen LogP contribution < -0.4 is 16.0 Å². The summed E-state index contributed by atoms with van der Waals surface area (Å²) >= 11 is 0. The van der Waals surface area contributed by atoms with Gasteiger partial charge in [0.25, 0.3) is 0 Å². The maximum atomic E-state index is 12.3. The van der Waals surface area contributed by atoms with Gasteiger partial charge >= 0.3 is 6.09 Å². The van der Waals surface area contributed by atoms with E-state index in [1.54, 1.807) is 0 Å². The zero-order valence-corrected chi connectivity index (χ0v) is 22.8. The molecule has 1 fully saturated rings. The minimum Gasteiger partial charge on any atom is -0.444 e. The Balaban J connectivity index is 0.00000900. The number of nitrogens with one attached hydrogen (secondary N) is 3. The molecule has 1 aliphatic heterocycles. The topological polar surface area (TPSA) is 87.2 Å². The van der Waals surface area contributed by atoms with E-state index in [1.807, 2.05) is 20.8 Å². The summed E-state index contributed by atoms with van der Waals surface area (Å²) in [5, 5.41) is 9.78. The second-order valence-electron chi connectivity index (χ2n) is 8.90. The number of hydrogen-bond acceptors (Lipinski definition) is 5. The average molecular weight is 556 g/mol. The number of rotatable bonds is 11. The Morgan fingerprint density at radius 3 is 2.26 bits per heavy atom. The molecule has 0 aromatic rings. The molecule has 0 aliphatic carbocycles. The molecule has 3 N–H and O–H groups in total. The predicted octanol–water partition coefficient (Wildman–Crippen LogP) is 3.36. The van der Waals surface area contributed by atoms with E-state index in [4.69, 9.17) is 14.5 Å². The Morgan fingerprint density at radius 1 is 1.06 bits per heavy atom. The Hall–Kier alpha value is -0.810. The number of aliphatic imine (C=N–C) groups is 1. The molecule has 0 aromatic carbocycles. The number of guanidine groups is 1. The zero-order chi connectivity index (χ0) is 22.5. The average Bonchev–Trinajstić information content (AvgIpc) is 2.70. The highest BCUT2D eigenvalue weighted by Crippen LogP contribution is 2.17. The van der Waals surface area contributed by atoms with Gasteiger partial charge in [-0.3, -0.25) is 9.89 Å². The summed E-state index contributed by atoms with van der Waals surface area (Å²) in [5.74, 6) is 0.793. The molecule has 1 amide bonds. The van der Waals surface area contributed by atoms with Crippen molar-refractivity contribution in [2.75, 3.05) is 52.5 Å². The van der Waals surface area contributed by atoms with Crippen molar-refractivity contribution in [3.05, 3.63) is 0 Å². The van der Waals surface area contributed by atoms with E-state index < -0.39 is 11.1 Å². The van der Waals surface area contributed by atoms with Crippen molar-refractivity contribution in [3.63, 3.8) is 0 Å². The molecule has 31 heavy (non-hydrogen) atoms. The lowest BCUT2D eigenvalue weighted by Gasteiger charge is -2.32. The summed E-state index contributed by atoms with van der Waals surface area (Å²) in [5.41, 5.74) is -0.931. The summed E-state index contributed by atoms with van der Waals surface area (Å²) in [6.07, 6.45) is 3.42. The maximum absolute atomic E-state index is 12.3. The molecular formula is C22H46IN5O3. The molecule has 1 rings (SSSR count). The Kier molecular flexibility index (Phi) is 15.5. The van der Waals surface area contributed by atoms with Crippen molar-refractivity contribution in [1.82, 2.24) is 20.9 Å². The molecule has 0 spiro atoms. The molecule has 0 saturated carbocycles. The van der Waals surface area contributed by atoms with E-state index in [0.717, 1.165) is 77.6 Å². The van der Waals surface area contributed by atoms with Crippen LogP contribution in [0.4, 0.5) is 4.79 Å². The third kappa shape index (κ3) is 13.4. The van der Waals surface area contributed by atoms with Crippen molar-refractivity contribution in [3.8, 4) is 0 Å². The zero-order valence-electron chi connectivity index (χ0n) is 20.5. The van der Waals surface area contributed by atoms with Crippen molar-refractivity contribution < 1.29 is 14.3 Å². The Labute approximate surface area is 206 Å². The summed E-state index contributed by atoms with van der Waals surface area (Å²) < 4.78 is 10.8. The highest BCUT2D eigenvalue weighted by molar-refractivity contribution is 14.0. The van der Waals surface area contributed by atoms with Crippen LogP contribution in [0.15, 0.2) is 4.99 Å². The van der Waals surface area contributed by atoms with Crippen LogP contribution in [0.1, 0.15) is 67.2 Å². The lowest BCUT2D eigenvalue weighted by molar-refractivity contribution is 0.0372. The molecule has 0 bridgehead atoms. The van der Waals surface area contributed by atoms with E-state index in [2.05, 4.69) is 41.6 Å². The molecule has 184 valence electrons. The van der Waals surface area contributed by atoms with Gasteiger partial charge < -0.3 is 25.4 Å². The van der Waals surface area contributed by atoms with E-state index in [-0.39, 0.29) is 30.1 Å². The molecule has 0 aromatic heterocycles. The lowest BCUT2D eigenvalue weighted by atomic mass is 9.93. The van der Waals surface area contributed by atoms with Crippen molar-refractivity contribution in [1.29, 1.82) is 0 Å². The highest BCUT2D eigenvalue weighted by Gasteiger charge is 2.30. The number of hydrogen-bond donors (Lipinski definition) is 3. The van der Waals surface area contributed by atoms with Crippen LogP contribution >= 0.6 is 24.0 Å². The minimum absolute atomic E-state index is 0. The van der Waals surface area contributed by atoms with Crippen LogP contribution in [-0.2, 0) is 9.47 Å². The molecule has 1 heterocycles. The van der Waals surface area contributed by atoms with Gasteiger partial charge in [0.1, 0.15) is 5.60 Å². The standard InChI is InChI=1S/C22H45N5O3.HI/c1-7-22(8-2,26-20(28)30-21(4,5)6)18-25-19(23-9-3)24-12-10-11-13-27-14-16-29-17-15-27;/h7-18H2,1-6H3,(H,26,28)(H2,23,24,25);1H. The molecule has 0 unspecified atom stereocenters. The van der Waals surface area contributed by atoms with Crippen molar-refractivity contribution in [2.45, 2.75) is 78.4 Å². The molecule has 0 atom stereocenters. The van der Waals surface area contributed by atoms with Gasteiger partial charge in [0, 0.05) is 26.2 Å². The first-order valence-corrected chi connectivity index (χ1v) is 11.6. The fourth-order valence-electron chi connectivity index (χ4n) is 3.27. The number of carbonyl (C=O) groups is 1. The number of ether oxygens (including phenoxy) is 2. The van der Waals surface area contributed by atoms with Crippen LogP contribution in [0.2, 0.25) is 0 Å². The third-order valence-electron chi connectivity index (χ3n) is 5.30. The number of carbonyl (C=O) groups excluding carboxylic acids is 1. The number of alkyl carbamates (subject to hydrolysis) is 1. The van der Waals surface area contributed by atoms with Crippen LogP contribution in [0.5, 0.6) is 0 Å². The van der Waals surface area contributed by atoms with Crippen LogP contribution in [0.3, 0.4) is 0 Å². The van der Waals surface area contributed by atoms with Gasteiger partial charge in [0.2, 0.25) is 0 Å². The second kappa shape index (κ2) is 15.9. The molecular weight excluding hydrogens is 509 g/mol. The van der Waals surface area contributed by atoms with Crippen LogP contribution in [0.25, 0.3) is 0 Å². The number of nitrogens with zero attached hydrogens (tertiary/aromatic N) is 2. The van der Waals surface area contributed by atoms with Gasteiger partial charge in [-0.05, 0) is 59.9 Å². The highest BCUT2D eigenvalue weighted by atomic mass is 127. The smallest absolute Gasteiger partial charge is 0.408 e. The molecule has 8 nitrogen and oxygen atoms in total. The van der Waals surface area contributed by atoms with Crippen LogP contribution in [-0.4, -0.2) is 80.6 Å². The summed E-state index contributed by atoms with van der Waals surface area (Å²) in [4.78, 5) is 19.5. The SMILES string of the molecule is CCNC(=NCC(CC)(CC)NC(=O)OC(C)(C)C)NCCCCN1CCOCC1.I. The van der Waals surface area contributed by atoms with Gasteiger partial charge in [-0.2, -0.15) is 0 Å². The molecule has 1 saturated heterocycles. The first-order chi connectivity index (χ1) is 14.2. The predicted molar refractivity (Wildman–Crippen MR) is 139 cm³/mol. The largest absolute Gasteiger partial charge is 0.444 e. The van der Waals surface area contributed by atoms with Gasteiger partial charge in [-0.1, -0.05) is 13.8 Å². The Morgan fingerprint density at radius 2 is 1.71 bits per heavy atom. The molecule has 0 radical (unpaired) electrons. The fraction of sp³-hybridized carbons (Fsp3) is 0.909. The summed E-state index contributed by atoms with van der Waals surface area (Å²) in [7, 11) is 0. The number of halogens is 1. The first-order valence-electron chi connectivity index (χ1n) is 11.6. The number of morpholine rings is 1. The number of unbranched alkanes of at least 4 members (excludes halogenated alkanes) is 1. The lowest BCUT2D eigenvalue weighted by Crippen LogP contribution is -2.52. The van der Waals surface area contributed by atoms with Crippen molar-refractivity contribution >= 4 is 36.0 Å². The fourth-order valence-corrected chi connectivity index (χ4v) is 3.27. The van der Waals surface area contributed by atoms with Gasteiger partial charge in [0.15, 0.2) is 5.96 Å². The monoisotopic (exact) mass is 555 g/mol. The third-order valence-corrected chi connectivity index (χ3v) is 5.30. The van der Waals surface area contributed by atoms with Crippen LogP contribution in [0, 0.1) is 0 Å². The Bertz CT molecular complexity index is 516. The van der Waals surface area contributed by atoms with Gasteiger partial charge in [-0.15, -0.1) is 24.0 Å². The minimum atomic E-state index is -0.516. The number of amides is 1. The maximum Gasteiger partial charge on any atom is 0.408 e. The first kappa shape index (κ1) is 30.2. The second-order valence-corrected chi connectivity index (χ2v) is 8.90. The molecule has 9 heteroatoms. The summed E-state index contributed by atoms with van der Waals surface area (Å²) in [6.45, 7) is 18.9. The quantitative estimate of drug-likeness (QED) is 0.157. The normalized spacial score (nSPS) is 15.7. The van der Waals surface area contributed by atoms with E-state index >= 15 is 0 Å². The van der Waals surface area contributed by atoms with Gasteiger partial charge in [0.05, 0.1) is 25.3 Å². The van der Waals surface area contributed by atoms with E-state index in [9.17, 15) is 4.79 Å².